The van der Waals surface area contributed by atoms with E-state index >= 15 is 0 Å². The van der Waals surface area contributed by atoms with E-state index in [4.69, 9.17) is 4.74 Å². The first-order chi connectivity index (χ1) is 8.74. The van der Waals surface area contributed by atoms with Gasteiger partial charge in [0.15, 0.2) is 0 Å². The van der Waals surface area contributed by atoms with Gasteiger partial charge in [0.2, 0.25) is 0 Å². The second kappa shape index (κ2) is 4.46. The molecule has 1 N–H and O–H groups in total. The summed E-state index contributed by atoms with van der Waals surface area (Å²) in [6.07, 6.45) is 5.10. The number of benzene rings is 1. The Morgan fingerprint density at radius 3 is 3.17 bits per heavy atom. The van der Waals surface area contributed by atoms with Crippen LogP contribution in [0.4, 0.5) is 0 Å². The summed E-state index contributed by atoms with van der Waals surface area (Å²) in [5.41, 5.74) is 2.24. The fraction of sp³-hybridized carbons (Fsp3) is 0.357. The van der Waals surface area contributed by atoms with Crippen molar-refractivity contribution in [3.63, 3.8) is 0 Å². The molecule has 0 spiro atoms. The molecule has 0 fully saturated rings. The number of nitrogens with zero attached hydrogens (tertiary/aromatic N) is 2. The van der Waals surface area contributed by atoms with E-state index in [-0.39, 0.29) is 6.10 Å². The van der Waals surface area contributed by atoms with Crippen molar-refractivity contribution in [2.24, 2.45) is 7.05 Å². The summed E-state index contributed by atoms with van der Waals surface area (Å²) in [5, 5.41) is 9.73. The Bertz CT molecular complexity index is 563. The molecule has 1 aromatic carbocycles. The second-order valence-corrected chi connectivity index (χ2v) is 4.66. The van der Waals surface area contributed by atoms with Crippen LogP contribution in [0.25, 0.3) is 0 Å². The molecule has 4 nitrogen and oxygen atoms in total. The molecule has 0 saturated carbocycles. The number of hydrogen-bond donors (Lipinski definition) is 1. The van der Waals surface area contributed by atoms with Gasteiger partial charge in [-0.2, -0.15) is 0 Å². The Morgan fingerprint density at radius 2 is 2.39 bits per heavy atom. The quantitative estimate of drug-likeness (QED) is 0.898. The van der Waals surface area contributed by atoms with Crippen LogP contribution in [0, 0.1) is 0 Å². The zero-order valence-corrected chi connectivity index (χ0v) is 10.3. The Morgan fingerprint density at radius 1 is 1.50 bits per heavy atom. The van der Waals surface area contributed by atoms with Gasteiger partial charge in [0.25, 0.3) is 0 Å². The van der Waals surface area contributed by atoms with Crippen LogP contribution in [0.5, 0.6) is 5.75 Å². The number of aliphatic hydroxyl groups is 1. The molecule has 0 bridgehead atoms. The maximum atomic E-state index is 9.73. The lowest BCUT2D eigenvalue weighted by Gasteiger charge is -2.09. The maximum absolute atomic E-state index is 9.73. The van der Waals surface area contributed by atoms with Crippen LogP contribution in [0.2, 0.25) is 0 Å². The molecule has 1 unspecified atom stereocenters. The average Bonchev–Trinajstić information content (AvgIpc) is 2.94. The number of ether oxygens (including phenoxy) is 1. The SMILES string of the molecule is Cn1ccnc1COc1ccc2c(c1)CCC2O. The number of aliphatic hydroxyl groups excluding tert-OH is 1. The van der Waals surface area contributed by atoms with E-state index in [0.717, 1.165) is 30.0 Å². The van der Waals surface area contributed by atoms with Crippen molar-refractivity contribution in [1.82, 2.24) is 9.55 Å². The molecule has 94 valence electrons. The van der Waals surface area contributed by atoms with Gasteiger partial charge in [0.05, 0.1) is 6.10 Å². The normalized spacial score (nSPS) is 17.8. The first kappa shape index (κ1) is 11.3. The van der Waals surface area contributed by atoms with Crippen LogP contribution >= 0.6 is 0 Å². The minimum atomic E-state index is -0.302. The van der Waals surface area contributed by atoms with Crippen LogP contribution in [0.15, 0.2) is 30.6 Å². The van der Waals surface area contributed by atoms with Gasteiger partial charge in [-0.3, -0.25) is 0 Å². The largest absolute Gasteiger partial charge is 0.486 e. The number of fused-ring (bicyclic) bond motifs is 1. The number of imidazole rings is 1. The van der Waals surface area contributed by atoms with Gasteiger partial charge in [-0.25, -0.2) is 4.98 Å². The lowest BCUT2D eigenvalue weighted by Crippen LogP contribution is -2.03. The molecule has 4 heteroatoms. The van der Waals surface area contributed by atoms with Crippen LogP contribution in [0.3, 0.4) is 0 Å². The molecule has 3 rings (SSSR count). The number of aryl methyl sites for hydroxylation is 2. The van der Waals surface area contributed by atoms with Crippen molar-refractivity contribution >= 4 is 0 Å². The van der Waals surface area contributed by atoms with E-state index in [0.29, 0.717) is 6.61 Å². The summed E-state index contributed by atoms with van der Waals surface area (Å²) in [5.74, 6) is 1.74. The highest BCUT2D eigenvalue weighted by molar-refractivity contribution is 5.39. The Hall–Kier alpha value is -1.81. The molecule has 0 aliphatic heterocycles. The molecule has 1 aromatic heterocycles. The minimum absolute atomic E-state index is 0.302. The fourth-order valence-corrected chi connectivity index (χ4v) is 2.34. The summed E-state index contributed by atoms with van der Waals surface area (Å²) < 4.78 is 7.67. The third kappa shape index (κ3) is 1.99. The molecule has 0 radical (unpaired) electrons. The van der Waals surface area contributed by atoms with E-state index in [1.165, 1.54) is 5.56 Å². The van der Waals surface area contributed by atoms with Gasteiger partial charge in [0.1, 0.15) is 18.2 Å². The Balaban J connectivity index is 1.73. The van der Waals surface area contributed by atoms with Crippen molar-refractivity contribution in [2.45, 2.75) is 25.6 Å². The van der Waals surface area contributed by atoms with Gasteiger partial charge in [-0.15, -0.1) is 0 Å². The molecule has 0 saturated heterocycles. The smallest absolute Gasteiger partial charge is 0.146 e. The number of hydrogen-bond acceptors (Lipinski definition) is 3. The van der Waals surface area contributed by atoms with E-state index in [9.17, 15) is 5.11 Å². The average molecular weight is 244 g/mol. The monoisotopic (exact) mass is 244 g/mol. The van der Waals surface area contributed by atoms with Gasteiger partial charge in [0, 0.05) is 19.4 Å². The standard InChI is InChI=1S/C14H16N2O2/c1-16-7-6-15-14(16)9-18-11-3-4-12-10(8-11)2-5-13(12)17/h3-4,6-8,13,17H,2,5,9H2,1H3. The fourth-order valence-electron chi connectivity index (χ4n) is 2.34. The number of rotatable bonds is 3. The summed E-state index contributed by atoms with van der Waals surface area (Å²) >= 11 is 0. The van der Waals surface area contributed by atoms with Crippen molar-refractivity contribution < 1.29 is 9.84 Å². The van der Waals surface area contributed by atoms with Crippen molar-refractivity contribution in [2.75, 3.05) is 0 Å². The zero-order chi connectivity index (χ0) is 12.5. The highest BCUT2D eigenvalue weighted by Crippen LogP contribution is 2.33. The molecule has 1 heterocycles. The summed E-state index contributed by atoms with van der Waals surface area (Å²) in [6.45, 7) is 0.463. The minimum Gasteiger partial charge on any atom is -0.486 e. The van der Waals surface area contributed by atoms with E-state index < -0.39 is 0 Å². The summed E-state index contributed by atoms with van der Waals surface area (Å²) in [6, 6.07) is 5.89. The second-order valence-electron chi connectivity index (χ2n) is 4.66. The number of aromatic nitrogens is 2. The Labute approximate surface area is 106 Å². The van der Waals surface area contributed by atoms with Crippen LogP contribution in [-0.4, -0.2) is 14.7 Å². The van der Waals surface area contributed by atoms with E-state index in [1.54, 1.807) is 6.20 Å². The highest BCUT2D eigenvalue weighted by Gasteiger charge is 2.20. The molecule has 1 aliphatic carbocycles. The highest BCUT2D eigenvalue weighted by atomic mass is 16.5. The van der Waals surface area contributed by atoms with Gasteiger partial charge >= 0.3 is 0 Å². The maximum Gasteiger partial charge on any atom is 0.146 e. The first-order valence-corrected chi connectivity index (χ1v) is 6.14. The third-order valence-corrected chi connectivity index (χ3v) is 3.45. The van der Waals surface area contributed by atoms with Crippen molar-refractivity contribution in [1.29, 1.82) is 0 Å². The summed E-state index contributed by atoms with van der Waals surface area (Å²) in [7, 11) is 1.95. The molecule has 2 aromatic rings. The Kier molecular flexibility index (Phi) is 2.80. The van der Waals surface area contributed by atoms with E-state index in [2.05, 4.69) is 4.98 Å². The lowest BCUT2D eigenvalue weighted by molar-refractivity contribution is 0.180. The van der Waals surface area contributed by atoms with Crippen LogP contribution < -0.4 is 4.74 Å². The molecule has 18 heavy (non-hydrogen) atoms. The lowest BCUT2D eigenvalue weighted by atomic mass is 10.1. The van der Waals surface area contributed by atoms with Gasteiger partial charge in [-0.1, -0.05) is 6.07 Å². The van der Waals surface area contributed by atoms with Gasteiger partial charge in [-0.05, 0) is 36.1 Å². The van der Waals surface area contributed by atoms with E-state index in [1.807, 2.05) is 36.0 Å². The van der Waals surface area contributed by atoms with Gasteiger partial charge < -0.3 is 14.4 Å². The summed E-state index contributed by atoms with van der Waals surface area (Å²) in [4.78, 5) is 4.21. The molecule has 1 aliphatic rings. The molecular weight excluding hydrogens is 228 g/mol. The third-order valence-electron chi connectivity index (χ3n) is 3.45. The molecular formula is C14H16N2O2. The van der Waals surface area contributed by atoms with Crippen LogP contribution in [0.1, 0.15) is 29.5 Å². The molecule has 0 amide bonds. The zero-order valence-electron chi connectivity index (χ0n) is 10.3. The predicted molar refractivity (Wildman–Crippen MR) is 67.3 cm³/mol. The first-order valence-electron chi connectivity index (χ1n) is 6.14. The topological polar surface area (TPSA) is 47.3 Å². The molecule has 1 atom stereocenters. The van der Waals surface area contributed by atoms with Crippen LogP contribution in [-0.2, 0) is 20.1 Å². The predicted octanol–water partition coefficient (Wildman–Crippen LogP) is 1.98. The van der Waals surface area contributed by atoms with Crippen molar-refractivity contribution in [3.05, 3.63) is 47.5 Å². The van der Waals surface area contributed by atoms with Crippen molar-refractivity contribution in [3.8, 4) is 5.75 Å².